The molecular formula is C14H15F3N2O2. The Hall–Kier alpha value is -1.79. The zero-order valence-electron chi connectivity index (χ0n) is 11.2. The van der Waals surface area contributed by atoms with E-state index in [1.54, 1.807) is 4.90 Å². The maximum absolute atomic E-state index is 12.7. The van der Waals surface area contributed by atoms with Gasteiger partial charge in [-0.3, -0.25) is 4.79 Å². The minimum atomic E-state index is -4.42. The van der Waals surface area contributed by atoms with Gasteiger partial charge in [0.25, 0.3) is 0 Å². The molecule has 3 rings (SSSR count). The molecule has 0 aromatic carbocycles. The van der Waals surface area contributed by atoms with Gasteiger partial charge in [0, 0.05) is 19.3 Å². The average Bonchev–Trinajstić information content (AvgIpc) is 2.95. The Morgan fingerprint density at radius 1 is 1.48 bits per heavy atom. The molecule has 0 amide bonds. The van der Waals surface area contributed by atoms with E-state index in [2.05, 4.69) is 4.98 Å². The smallest absolute Gasteiger partial charge is 0.416 e. The number of hydrogen-bond donors (Lipinski definition) is 1. The van der Waals surface area contributed by atoms with Gasteiger partial charge in [0.05, 0.1) is 11.0 Å². The van der Waals surface area contributed by atoms with E-state index in [4.69, 9.17) is 0 Å². The van der Waals surface area contributed by atoms with Crippen LogP contribution in [0.4, 0.5) is 19.0 Å². The van der Waals surface area contributed by atoms with E-state index in [1.165, 1.54) is 0 Å². The van der Waals surface area contributed by atoms with E-state index in [0.717, 1.165) is 31.2 Å². The van der Waals surface area contributed by atoms with E-state index in [9.17, 15) is 23.1 Å². The number of anilines is 1. The number of rotatable bonds is 2. The average molecular weight is 300 g/mol. The molecule has 21 heavy (non-hydrogen) atoms. The van der Waals surface area contributed by atoms with Crippen LogP contribution in [0.25, 0.3) is 0 Å². The van der Waals surface area contributed by atoms with Crippen LogP contribution in [0.1, 0.15) is 24.8 Å². The lowest BCUT2D eigenvalue weighted by Crippen LogP contribution is -2.35. The van der Waals surface area contributed by atoms with Crippen molar-refractivity contribution in [2.24, 2.45) is 11.3 Å². The highest BCUT2D eigenvalue weighted by molar-refractivity contribution is 5.77. The number of halogens is 3. The molecule has 1 aromatic rings. The fourth-order valence-corrected chi connectivity index (χ4v) is 3.58. The van der Waals surface area contributed by atoms with Crippen LogP contribution in [0, 0.1) is 11.3 Å². The zero-order chi connectivity index (χ0) is 15.3. The molecule has 2 fully saturated rings. The molecule has 4 nitrogen and oxygen atoms in total. The van der Waals surface area contributed by atoms with Gasteiger partial charge in [0.15, 0.2) is 0 Å². The first-order chi connectivity index (χ1) is 9.83. The summed E-state index contributed by atoms with van der Waals surface area (Å²) in [7, 11) is 0. The summed E-state index contributed by atoms with van der Waals surface area (Å²) in [5.74, 6) is -0.648. The van der Waals surface area contributed by atoms with Crippen LogP contribution in [0.2, 0.25) is 0 Å². The van der Waals surface area contributed by atoms with E-state index < -0.39 is 23.1 Å². The first-order valence-corrected chi connectivity index (χ1v) is 6.84. The predicted octanol–water partition coefficient (Wildman–Crippen LogP) is 2.79. The van der Waals surface area contributed by atoms with Crippen molar-refractivity contribution in [2.45, 2.75) is 25.4 Å². The van der Waals surface area contributed by atoms with Crippen LogP contribution in [0.3, 0.4) is 0 Å². The number of fused-ring (bicyclic) bond motifs is 1. The number of pyridine rings is 1. The molecule has 1 aliphatic heterocycles. The number of carboxylic acid groups (broad SMARTS) is 1. The quantitative estimate of drug-likeness (QED) is 0.912. The second-order valence-corrected chi connectivity index (χ2v) is 5.83. The van der Waals surface area contributed by atoms with Gasteiger partial charge in [-0.25, -0.2) is 4.98 Å². The highest BCUT2D eigenvalue weighted by atomic mass is 19.4. The van der Waals surface area contributed by atoms with Crippen LogP contribution >= 0.6 is 0 Å². The van der Waals surface area contributed by atoms with Crippen LogP contribution in [-0.4, -0.2) is 29.1 Å². The van der Waals surface area contributed by atoms with E-state index in [0.29, 0.717) is 13.0 Å². The number of hydrogen-bond acceptors (Lipinski definition) is 3. The van der Waals surface area contributed by atoms with Crippen molar-refractivity contribution in [3.05, 3.63) is 23.9 Å². The molecule has 2 aliphatic rings. The highest BCUT2D eigenvalue weighted by Crippen LogP contribution is 2.49. The largest absolute Gasteiger partial charge is 0.481 e. The molecule has 1 aliphatic carbocycles. The fraction of sp³-hybridized carbons (Fsp3) is 0.571. The molecular weight excluding hydrogens is 285 g/mol. The van der Waals surface area contributed by atoms with Gasteiger partial charge in [-0.2, -0.15) is 13.2 Å². The number of nitrogens with zero attached hydrogens (tertiary/aromatic N) is 2. The highest BCUT2D eigenvalue weighted by Gasteiger charge is 2.55. The van der Waals surface area contributed by atoms with Crippen molar-refractivity contribution in [3.8, 4) is 0 Å². The molecule has 0 bridgehead atoms. The van der Waals surface area contributed by atoms with Crippen molar-refractivity contribution in [2.75, 3.05) is 18.0 Å². The number of aromatic nitrogens is 1. The van der Waals surface area contributed by atoms with Gasteiger partial charge >= 0.3 is 12.1 Å². The first kappa shape index (κ1) is 14.2. The van der Waals surface area contributed by atoms with Crippen LogP contribution < -0.4 is 4.90 Å². The Labute approximate surface area is 119 Å². The van der Waals surface area contributed by atoms with Gasteiger partial charge in [0.2, 0.25) is 0 Å². The lowest BCUT2D eigenvalue weighted by molar-refractivity contribution is -0.149. The normalized spacial score (nSPS) is 28.7. The molecule has 0 unspecified atom stereocenters. The molecule has 2 atom stereocenters. The summed E-state index contributed by atoms with van der Waals surface area (Å²) in [6.45, 7) is 0.696. The molecule has 1 saturated heterocycles. The number of carboxylic acids is 1. The minimum Gasteiger partial charge on any atom is -0.481 e. The van der Waals surface area contributed by atoms with Gasteiger partial charge in [-0.15, -0.1) is 0 Å². The third-order valence-corrected chi connectivity index (χ3v) is 4.69. The monoisotopic (exact) mass is 300 g/mol. The molecule has 2 heterocycles. The van der Waals surface area contributed by atoms with Gasteiger partial charge in [0.1, 0.15) is 5.82 Å². The Bertz CT molecular complexity index is 576. The molecule has 7 heteroatoms. The Morgan fingerprint density at radius 3 is 2.86 bits per heavy atom. The summed E-state index contributed by atoms with van der Waals surface area (Å²) < 4.78 is 38.2. The molecule has 0 spiro atoms. The maximum atomic E-state index is 12.7. The van der Waals surface area contributed by atoms with Gasteiger partial charge in [-0.1, -0.05) is 6.42 Å². The van der Waals surface area contributed by atoms with E-state index in [1.807, 2.05) is 0 Å². The summed E-state index contributed by atoms with van der Waals surface area (Å²) in [4.78, 5) is 17.2. The number of aliphatic carboxylic acids is 1. The van der Waals surface area contributed by atoms with Gasteiger partial charge in [-0.05, 0) is 30.9 Å². The summed E-state index contributed by atoms with van der Waals surface area (Å²) in [5.41, 5.74) is -1.58. The zero-order valence-corrected chi connectivity index (χ0v) is 11.2. The lowest BCUT2D eigenvalue weighted by Gasteiger charge is -2.24. The molecule has 114 valence electrons. The second-order valence-electron chi connectivity index (χ2n) is 5.83. The maximum Gasteiger partial charge on any atom is 0.416 e. The standard InChI is InChI=1S/C14H15F3N2O2/c15-14(16,17)9-3-5-18-11(6-9)19-7-10-2-1-4-13(10,8-19)12(20)21/h3,5-6,10H,1-2,4,7-8H2,(H,20,21)/t10-,13+/m0/s1. The van der Waals surface area contributed by atoms with Crippen LogP contribution in [0.15, 0.2) is 18.3 Å². The third kappa shape index (κ3) is 2.24. The summed E-state index contributed by atoms with van der Waals surface area (Å²) in [6.07, 6.45) is -1.04. The SMILES string of the molecule is O=C(O)[C@@]12CCC[C@H]1CN(c1cc(C(F)(F)F)ccn1)C2. The van der Waals surface area contributed by atoms with Crippen molar-refractivity contribution in [1.82, 2.24) is 4.98 Å². The Kier molecular flexibility index (Phi) is 3.11. The van der Waals surface area contributed by atoms with Crippen LogP contribution in [-0.2, 0) is 11.0 Å². The molecule has 1 saturated carbocycles. The molecule has 0 radical (unpaired) electrons. The van der Waals surface area contributed by atoms with Crippen molar-refractivity contribution >= 4 is 11.8 Å². The van der Waals surface area contributed by atoms with Crippen molar-refractivity contribution in [3.63, 3.8) is 0 Å². The van der Waals surface area contributed by atoms with Crippen molar-refractivity contribution in [1.29, 1.82) is 0 Å². The third-order valence-electron chi connectivity index (χ3n) is 4.69. The summed E-state index contributed by atoms with van der Waals surface area (Å²) in [6, 6.07) is 1.92. The number of alkyl halides is 3. The lowest BCUT2D eigenvalue weighted by atomic mass is 9.81. The van der Waals surface area contributed by atoms with E-state index >= 15 is 0 Å². The van der Waals surface area contributed by atoms with Crippen molar-refractivity contribution < 1.29 is 23.1 Å². The van der Waals surface area contributed by atoms with Crippen LogP contribution in [0.5, 0.6) is 0 Å². The predicted molar refractivity (Wildman–Crippen MR) is 68.9 cm³/mol. The summed E-state index contributed by atoms with van der Waals surface area (Å²) in [5, 5.41) is 9.50. The van der Waals surface area contributed by atoms with Gasteiger partial charge < -0.3 is 10.0 Å². The fourth-order valence-electron chi connectivity index (χ4n) is 3.58. The second kappa shape index (κ2) is 4.61. The number of carbonyl (C=O) groups is 1. The topological polar surface area (TPSA) is 53.4 Å². The minimum absolute atomic E-state index is 0.00802. The Morgan fingerprint density at radius 2 is 2.24 bits per heavy atom. The summed E-state index contributed by atoms with van der Waals surface area (Å²) >= 11 is 0. The molecule has 1 N–H and O–H groups in total. The first-order valence-electron chi connectivity index (χ1n) is 6.84. The molecule has 1 aromatic heterocycles. The van der Waals surface area contributed by atoms with E-state index in [-0.39, 0.29) is 18.3 Å². The Balaban J connectivity index is 1.89.